The fraction of sp³-hybridized carbons (Fsp3) is 0.294. The van der Waals surface area contributed by atoms with Crippen molar-refractivity contribution in [2.45, 2.75) is 33.4 Å². The van der Waals surface area contributed by atoms with Crippen molar-refractivity contribution in [1.29, 1.82) is 0 Å². The summed E-state index contributed by atoms with van der Waals surface area (Å²) in [6, 6.07) is 6.81. The Hall–Kier alpha value is -1.81. The van der Waals surface area contributed by atoms with Gasteiger partial charge in [-0.2, -0.15) is 0 Å². The van der Waals surface area contributed by atoms with Crippen molar-refractivity contribution in [3.8, 4) is 11.1 Å². The van der Waals surface area contributed by atoms with E-state index in [9.17, 15) is 13.2 Å². The number of rotatable bonds is 4. The Bertz CT molecular complexity index is 651. The first-order chi connectivity index (χ1) is 9.88. The largest absolute Gasteiger partial charge is 0.310 e. The van der Waals surface area contributed by atoms with Gasteiger partial charge >= 0.3 is 0 Å². The number of benzene rings is 2. The summed E-state index contributed by atoms with van der Waals surface area (Å²) in [6.07, 6.45) is 0. The normalized spacial score (nSPS) is 11.2. The van der Waals surface area contributed by atoms with Crippen molar-refractivity contribution < 1.29 is 13.2 Å². The second-order valence-electron chi connectivity index (χ2n) is 5.42. The molecule has 0 radical (unpaired) electrons. The highest BCUT2D eigenvalue weighted by atomic mass is 19.1. The third-order valence-electron chi connectivity index (χ3n) is 3.31. The van der Waals surface area contributed by atoms with Gasteiger partial charge in [0.05, 0.1) is 0 Å². The lowest BCUT2D eigenvalue weighted by Gasteiger charge is -2.11. The van der Waals surface area contributed by atoms with Crippen LogP contribution in [0.4, 0.5) is 13.2 Å². The van der Waals surface area contributed by atoms with Gasteiger partial charge in [0.15, 0.2) is 0 Å². The van der Waals surface area contributed by atoms with Crippen LogP contribution in [0, 0.1) is 24.4 Å². The van der Waals surface area contributed by atoms with Gasteiger partial charge in [-0.3, -0.25) is 0 Å². The molecule has 0 unspecified atom stereocenters. The van der Waals surface area contributed by atoms with Crippen molar-refractivity contribution in [1.82, 2.24) is 5.32 Å². The summed E-state index contributed by atoms with van der Waals surface area (Å²) in [7, 11) is 0. The molecule has 0 spiro atoms. The molecule has 0 aliphatic carbocycles. The van der Waals surface area contributed by atoms with E-state index in [4.69, 9.17) is 0 Å². The first-order valence-electron chi connectivity index (χ1n) is 6.86. The van der Waals surface area contributed by atoms with Crippen LogP contribution < -0.4 is 5.32 Å². The van der Waals surface area contributed by atoms with Crippen LogP contribution in [-0.4, -0.2) is 6.04 Å². The summed E-state index contributed by atoms with van der Waals surface area (Å²) < 4.78 is 41.4. The van der Waals surface area contributed by atoms with Crippen molar-refractivity contribution in [3.05, 3.63) is 58.9 Å². The van der Waals surface area contributed by atoms with E-state index >= 15 is 0 Å². The summed E-state index contributed by atoms with van der Waals surface area (Å²) in [5.74, 6) is -1.35. The van der Waals surface area contributed by atoms with Crippen molar-refractivity contribution >= 4 is 0 Å². The SMILES string of the molecule is Cc1cc(F)c(-c2ccc(F)c(CNC(C)C)c2)cc1F. The van der Waals surface area contributed by atoms with Gasteiger partial charge in [-0.05, 0) is 42.3 Å². The number of aryl methyl sites for hydroxylation is 1. The Kier molecular flexibility index (Phi) is 4.68. The van der Waals surface area contributed by atoms with Gasteiger partial charge in [-0.15, -0.1) is 0 Å². The average molecular weight is 293 g/mol. The molecule has 1 nitrogen and oxygen atoms in total. The minimum atomic E-state index is -0.511. The molecule has 0 saturated heterocycles. The Morgan fingerprint density at radius 3 is 2.33 bits per heavy atom. The molecule has 0 saturated carbocycles. The van der Waals surface area contributed by atoms with Crippen molar-refractivity contribution in [2.24, 2.45) is 0 Å². The maximum absolute atomic E-state index is 14.0. The zero-order valence-electron chi connectivity index (χ0n) is 12.3. The monoisotopic (exact) mass is 293 g/mol. The van der Waals surface area contributed by atoms with Gasteiger partial charge in [0.1, 0.15) is 17.5 Å². The van der Waals surface area contributed by atoms with E-state index in [0.29, 0.717) is 17.7 Å². The van der Waals surface area contributed by atoms with Gasteiger partial charge in [-0.25, -0.2) is 13.2 Å². The average Bonchev–Trinajstić information content (AvgIpc) is 2.42. The number of halogens is 3. The Balaban J connectivity index is 2.41. The highest BCUT2D eigenvalue weighted by Gasteiger charge is 2.12. The fourth-order valence-electron chi connectivity index (χ4n) is 2.06. The van der Waals surface area contributed by atoms with Crippen molar-refractivity contribution in [3.63, 3.8) is 0 Å². The highest BCUT2D eigenvalue weighted by molar-refractivity contribution is 5.65. The molecule has 2 rings (SSSR count). The minimum absolute atomic E-state index is 0.142. The Morgan fingerprint density at radius 2 is 1.67 bits per heavy atom. The van der Waals surface area contributed by atoms with Gasteiger partial charge in [0.25, 0.3) is 0 Å². The lowest BCUT2D eigenvalue weighted by atomic mass is 10.0. The maximum Gasteiger partial charge on any atom is 0.131 e. The van der Waals surface area contributed by atoms with Crippen LogP contribution in [0.25, 0.3) is 11.1 Å². The first kappa shape index (κ1) is 15.6. The lowest BCUT2D eigenvalue weighted by Crippen LogP contribution is -2.22. The predicted octanol–water partition coefficient (Wildman–Crippen LogP) is 4.58. The number of nitrogens with one attached hydrogen (secondary N) is 1. The van der Waals surface area contributed by atoms with Crippen LogP contribution in [0.5, 0.6) is 0 Å². The topological polar surface area (TPSA) is 12.0 Å². The van der Waals surface area contributed by atoms with E-state index in [1.54, 1.807) is 6.07 Å². The van der Waals surface area contributed by atoms with Gasteiger partial charge in [0, 0.05) is 23.7 Å². The zero-order chi connectivity index (χ0) is 15.6. The van der Waals surface area contributed by atoms with Gasteiger partial charge in [-0.1, -0.05) is 19.9 Å². The molecule has 112 valence electrons. The molecular weight excluding hydrogens is 275 g/mol. The van der Waals surface area contributed by atoms with E-state index in [1.807, 2.05) is 13.8 Å². The van der Waals surface area contributed by atoms with Crippen LogP contribution in [0.3, 0.4) is 0 Å². The molecule has 2 aromatic carbocycles. The van der Waals surface area contributed by atoms with Crippen LogP contribution in [0.15, 0.2) is 30.3 Å². The molecule has 0 atom stereocenters. The molecule has 0 heterocycles. The van der Waals surface area contributed by atoms with Gasteiger partial charge in [0.2, 0.25) is 0 Å². The van der Waals surface area contributed by atoms with E-state index < -0.39 is 11.6 Å². The number of hydrogen-bond donors (Lipinski definition) is 1. The van der Waals surface area contributed by atoms with Crippen LogP contribution >= 0.6 is 0 Å². The molecule has 0 aliphatic heterocycles. The van der Waals surface area contributed by atoms with Gasteiger partial charge < -0.3 is 5.32 Å². The minimum Gasteiger partial charge on any atom is -0.310 e. The second kappa shape index (κ2) is 6.31. The molecule has 4 heteroatoms. The maximum atomic E-state index is 14.0. The van der Waals surface area contributed by atoms with E-state index in [-0.39, 0.29) is 23.0 Å². The molecule has 0 aliphatic rings. The smallest absolute Gasteiger partial charge is 0.131 e. The van der Waals surface area contributed by atoms with E-state index in [2.05, 4.69) is 5.32 Å². The first-order valence-corrected chi connectivity index (χ1v) is 6.86. The molecule has 0 aromatic heterocycles. The molecule has 1 N–H and O–H groups in total. The third kappa shape index (κ3) is 3.64. The Morgan fingerprint density at radius 1 is 0.952 bits per heavy atom. The van der Waals surface area contributed by atoms with Crippen molar-refractivity contribution in [2.75, 3.05) is 0 Å². The molecule has 21 heavy (non-hydrogen) atoms. The Labute approximate surface area is 122 Å². The summed E-state index contributed by atoms with van der Waals surface area (Å²) in [4.78, 5) is 0. The summed E-state index contributed by atoms with van der Waals surface area (Å²) in [5, 5.41) is 3.11. The summed E-state index contributed by atoms with van der Waals surface area (Å²) in [6.45, 7) is 5.76. The fourth-order valence-corrected chi connectivity index (χ4v) is 2.06. The number of hydrogen-bond acceptors (Lipinski definition) is 1. The highest BCUT2D eigenvalue weighted by Crippen LogP contribution is 2.27. The molecule has 0 amide bonds. The van der Waals surface area contributed by atoms with E-state index in [1.165, 1.54) is 19.1 Å². The molecule has 0 fully saturated rings. The molecular formula is C17H18F3N. The molecule has 0 bridgehead atoms. The van der Waals surface area contributed by atoms with E-state index in [0.717, 1.165) is 12.1 Å². The predicted molar refractivity (Wildman–Crippen MR) is 78.5 cm³/mol. The summed E-state index contributed by atoms with van der Waals surface area (Å²) in [5.41, 5.74) is 1.29. The quantitative estimate of drug-likeness (QED) is 0.870. The van der Waals surface area contributed by atoms with Crippen LogP contribution in [0.1, 0.15) is 25.0 Å². The second-order valence-corrected chi connectivity index (χ2v) is 5.42. The third-order valence-corrected chi connectivity index (χ3v) is 3.31. The zero-order valence-corrected chi connectivity index (χ0v) is 12.3. The lowest BCUT2D eigenvalue weighted by molar-refractivity contribution is 0.553. The standard InChI is InChI=1S/C17H18F3N/c1-10(2)21-9-13-7-12(4-5-15(13)18)14-8-16(19)11(3)6-17(14)20/h4-8,10,21H,9H2,1-3H3. The molecule has 2 aromatic rings. The summed E-state index contributed by atoms with van der Waals surface area (Å²) >= 11 is 0. The van der Waals surface area contributed by atoms with Crippen LogP contribution in [0.2, 0.25) is 0 Å². The van der Waals surface area contributed by atoms with Crippen LogP contribution in [-0.2, 0) is 6.54 Å².